The Kier molecular flexibility index (Phi) is 4.58. The lowest BCUT2D eigenvalue weighted by Crippen LogP contribution is -1.97. The highest BCUT2D eigenvalue weighted by Gasteiger charge is 2.06. The van der Waals surface area contributed by atoms with Crippen LogP contribution in [0.1, 0.15) is 21.5 Å². The monoisotopic (exact) mass is 332 g/mol. The molecule has 0 aliphatic heterocycles. The van der Waals surface area contributed by atoms with Gasteiger partial charge >= 0.3 is 5.97 Å². The van der Waals surface area contributed by atoms with Gasteiger partial charge in [0.2, 0.25) is 0 Å². The zero-order valence-electron chi connectivity index (χ0n) is 10.8. The molecule has 3 nitrogen and oxygen atoms in total. The SMILES string of the molecule is COc1ccc(C(=O)O)cc1C=Cc1ccc(Br)cc1. The standard InChI is InChI=1S/C16H13BrO3/c1-20-15-9-6-13(16(18)19)10-12(15)5-2-11-3-7-14(17)8-4-11/h2-10H,1H3,(H,18,19). The van der Waals surface area contributed by atoms with E-state index in [1.807, 2.05) is 36.4 Å². The fourth-order valence-electron chi connectivity index (χ4n) is 1.76. The van der Waals surface area contributed by atoms with Gasteiger partial charge in [-0.3, -0.25) is 0 Å². The van der Waals surface area contributed by atoms with E-state index in [1.54, 1.807) is 19.2 Å². The quantitative estimate of drug-likeness (QED) is 0.848. The Hall–Kier alpha value is -2.07. The van der Waals surface area contributed by atoms with E-state index < -0.39 is 5.97 Å². The lowest BCUT2D eigenvalue weighted by Gasteiger charge is -2.05. The van der Waals surface area contributed by atoms with Gasteiger partial charge in [0.1, 0.15) is 5.75 Å². The Morgan fingerprint density at radius 2 is 1.85 bits per heavy atom. The van der Waals surface area contributed by atoms with Crippen molar-refractivity contribution in [1.82, 2.24) is 0 Å². The first-order chi connectivity index (χ1) is 9.60. The third-order valence-corrected chi connectivity index (χ3v) is 3.33. The Morgan fingerprint density at radius 1 is 1.15 bits per heavy atom. The largest absolute Gasteiger partial charge is 0.496 e. The van der Waals surface area contributed by atoms with Crippen molar-refractivity contribution >= 4 is 34.1 Å². The number of rotatable bonds is 4. The zero-order valence-corrected chi connectivity index (χ0v) is 12.4. The molecule has 2 aromatic rings. The first kappa shape index (κ1) is 14.3. The van der Waals surface area contributed by atoms with Crippen molar-refractivity contribution < 1.29 is 14.6 Å². The molecule has 0 amide bonds. The lowest BCUT2D eigenvalue weighted by atomic mass is 10.1. The molecule has 0 spiro atoms. The van der Waals surface area contributed by atoms with Crippen molar-refractivity contribution in [3.63, 3.8) is 0 Å². The molecule has 102 valence electrons. The zero-order chi connectivity index (χ0) is 14.5. The maximum Gasteiger partial charge on any atom is 0.335 e. The van der Waals surface area contributed by atoms with Gasteiger partial charge in [-0.05, 0) is 35.9 Å². The molecule has 0 saturated carbocycles. The summed E-state index contributed by atoms with van der Waals surface area (Å²) in [5.41, 5.74) is 1.99. The number of hydrogen-bond acceptors (Lipinski definition) is 2. The number of aromatic carboxylic acids is 1. The Morgan fingerprint density at radius 3 is 2.45 bits per heavy atom. The van der Waals surface area contributed by atoms with E-state index in [1.165, 1.54) is 6.07 Å². The number of benzene rings is 2. The van der Waals surface area contributed by atoms with Crippen LogP contribution < -0.4 is 4.74 Å². The molecule has 0 fully saturated rings. The molecule has 4 heteroatoms. The molecule has 20 heavy (non-hydrogen) atoms. The van der Waals surface area contributed by atoms with Crippen LogP contribution in [0.3, 0.4) is 0 Å². The van der Waals surface area contributed by atoms with Crippen LogP contribution in [0.5, 0.6) is 5.75 Å². The van der Waals surface area contributed by atoms with Gasteiger partial charge in [0, 0.05) is 10.0 Å². The summed E-state index contributed by atoms with van der Waals surface area (Å²) in [6, 6.07) is 12.6. The van der Waals surface area contributed by atoms with Gasteiger partial charge in [-0.2, -0.15) is 0 Å². The van der Waals surface area contributed by atoms with E-state index >= 15 is 0 Å². The molecule has 2 rings (SSSR count). The van der Waals surface area contributed by atoms with Crippen LogP contribution in [0.4, 0.5) is 0 Å². The van der Waals surface area contributed by atoms with Gasteiger partial charge in [-0.25, -0.2) is 4.79 Å². The number of carboxylic acid groups (broad SMARTS) is 1. The van der Waals surface area contributed by atoms with Crippen LogP contribution >= 0.6 is 15.9 Å². The van der Waals surface area contributed by atoms with Crippen molar-refractivity contribution in [1.29, 1.82) is 0 Å². The molecule has 0 aliphatic carbocycles. The second-order valence-electron chi connectivity index (χ2n) is 4.15. The summed E-state index contributed by atoms with van der Waals surface area (Å²) in [5.74, 6) is -0.311. The van der Waals surface area contributed by atoms with Crippen molar-refractivity contribution in [3.8, 4) is 5.75 Å². The van der Waals surface area contributed by atoms with Crippen molar-refractivity contribution in [2.24, 2.45) is 0 Å². The summed E-state index contributed by atoms with van der Waals surface area (Å²) >= 11 is 3.38. The third-order valence-electron chi connectivity index (χ3n) is 2.80. The number of ether oxygens (including phenoxy) is 1. The average Bonchev–Trinajstić information content (AvgIpc) is 2.46. The number of carboxylic acids is 1. The molecule has 1 N–H and O–H groups in total. The van der Waals surface area contributed by atoms with Crippen LogP contribution in [-0.2, 0) is 0 Å². The first-order valence-electron chi connectivity index (χ1n) is 5.95. The summed E-state index contributed by atoms with van der Waals surface area (Å²) < 4.78 is 6.25. The molecule has 0 atom stereocenters. The highest BCUT2D eigenvalue weighted by Crippen LogP contribution is 2.23. The minimum Gasteiger partial charge on any atom is -0.496 e. The van der Waals surface area contributed by atoms with Crippen LogP contribution in [0.15, 0.2) is 46.9 Å². The first-order valence-corrected chi connectivity index (χ1v) is 6.74. The fourth-order valence-corrected chi connectivity index (χ4v) is 2.02. The van der Waals surface area contributed by atoms with Gasteiger partial charge in [-0.15, -0.1) is 0 Å². The molecular weight excluding hydrogens is 320 g/mol. The van der Waals surface area contributed by atoms with Crippen molar-refractivity contribution in [3.05, 3.63) is 63.6 Å². The average molecular weight is 333 g/mol. The highest BCUT2D eigenvalue weighted by molar-refractivity contribution is 9.10. The minimum absolute atomic E-state index is 0.237. The third kappa shape index (κ3) is 3.48. The van der Waals surface area contributed by atoms with E-state index in [9.17, 15) is 4.79 Å². The summed E-state index contributed by atoms with van der Waals surface area (Å²) in [6.45, 7) is 0. The molecule has 0 aliphatic rings. The van der Waals surface area contributed by atoms with Crippen molar-refractivity contribution in [2.45, 2.75) is 0 Å². The van der Waals surface area contributed by atoms with Crippen LogP contribution in [0.2, 0.25) is 0 Å². The molecule has 0 unspecified atom stereocenters. The van der Waals surface area contributed by atoms with Gasteiger partial charge in [0.25, 0.3) is 0 Å². The maximum atomic E-state index is 11.0. The predicted octanol–water partition coefficient (Wildman–Crippen LogP) is 4.33. The smallest absolute Gasteiger partial charge is 0.335 e. The van der Waals surface area contributed by atoms with Crippen LogP contribution in [0.25, 0.3) is 12.2 Å². The Balaban J connectivity index is 2.33. The van der Waals surface area contributed by atoms with E-state index in [0.717, 1.165) is 15.6 Å². The predicted molar refractivity (Wildman–Crippen MR) is 83.0 cm³/mol. The molecule has 0 aromatic heterocycles. The number of methoxy groups -OCH3 is 1. The molecule has 0 heterocycles. The minimum atomic E-state index is -0.953. The summed E-state index contributed by atoms with van der Waals surface area (Å²) in [5, 5.41) is 9.02. The van der Waals surface area contributed by atoms with E-state index in [0.29, 0.717) is 5.75 Å². The highest BCUT2D eigenvalue weighted by atomic mass is 79.9. The summed E-state index contributed by atoms with van der Waals surface area (Å²) in [6.07, 6.45) is 3.75. The molecular formula is C16H13BrO3. The summed E-state index contributed by atoms with van der Waals surface area (Å²) in [7, 11) is 1.56. The molecule has 0 bridgehead atoms. The van der Waals surface area contributed by atoms with E-state index in [2.05, 4.69) is 15.9 Å². The Bertz CT molecular complexity index is 645. The van der Waals surface area contributed by atoms with Gasteiger partial charge in [0.05, 0.1) is 12.7 Å². The van der Waals surface area contributed by atoms with Crippen LogP contribution in [-0.4, -0.2) is 18.2 Å². The van der Waals surface area contributed by atoms with Crippen LogP contribution in [0, 0.1) is 0 Å². The topological polar surface area (TPSA) is 46.5 Å². The number of halogens is 1. The molecule has 2 aromatic carbocycles. The number of carbonyl (C=O) groups is 1. The Labute approximate surface area is 125 Å². The molecule has 0 radical (unpaired) electrons. The molecule has 0 saturated heterocycles. The van der Waals surface area contributed by atoms with Crippen molar-refractivity contribution in [2.75, 3.05) is 7.11 Å². The normalized spacial score (nSPS) is 10.7. The second-order valence-corrected chi connectivity index (χ2v) is 5.06. The summed E-state index contributed by atoms with van der Waals surface area (Å²) in [4.78, 5) is 11.0. The fraction of sp³-hybridized carbons (Fsp3) is 0.0625. The van der Waals surface area contributed by atoms with Gasteiger partial charge < -0.3 is 9.84 Å². The van der Waals surface area contributed by atoms with Gasteiger partial charge in [-0.1, -0.05) is 40.2 Å². The second kappa shape index (κ2) is 6.39. The van der Waals surface area contributed by atoms with E-state index in [-0.39, 0.29) is 5.56 Å². The van der Waals surface area contributed by atoms with Gasteiger partial charge in [0.15, 0.2) is 0 Å². The number of hydrogen-bond donors (Lipinski definition) is 1. The van der Waals surface area contributed by atoms with E-state index in [4.69, 9.17) is 9.84 Å². The lowest BCUT2D eigenvalue weighted by molar-refractivity contribution is 0.0697. The maximum absolute atomic E-state index is 11.0.